The molecule has 0 aromatic heterocycles. The molecule has 0 aliphatic carbocycles. The van der Waals surface area contributed by atoms with Crippen molar-refractivity contribution in [3.63, 3.8) is 0 Å². The van der Waals surface area contributed by atoms with Gasteiger partial charge in [0.2, 0.25) is 0 Å². The fraction of sp³-hybridized carbons (Fsp3) is 1.00. The highest BCUT2D eigenvalue weighted by Crippen LogP contribution is 2.33. The van der Waals surface area contributed by atoms with E-state index >= 15 is 0 Å². The largest absolute Gasteiger partial charge is 0.395 e. The first-order valence-electron chi connectivity index (χ1n) is 6.04. The van der Waals surface area contributed by atoms with E-state index in [1.54, 1.807) is 0 Å². The van der Waals surface area contributed by atoms with Gasteiger partial charge in [-0.05, 0) is 6.42 Å². The summed E-state index contributed by atoms with van der Waals surface area (Å²) in [6.45, 7) is 2.36. The van der Waals surface area contributed by atoms with Crippen molar-refractivity contribution in [3.8, 4) is 0 Å². The van der Waals surface area contributed by atoms with Crippen molar-refractivity contribution in [1.29, 1.82) is 0 Å². The molecule has 1 rings (SSSR count). The zero-order valence-corrected chi connectivity index (χ0v) is 10.8. The Morgan fingerprint density at radius 3 is 2.35 bits per heavy atom. The topological polar surface area (TPSA) is 90.2 Å². The minimum atomic E-state index is -1.26. The van der Waals surface area contributed by atoms with Crippen LogP contribution in [0.1, 0.15) is 26.2 Å². The van der Waals surface area contributed by atoms with Crippen molar-refractivity contribution >= 4 is 11.8 Å². The molecule has 1 aliphatic rings. The van der Waals surface area contributed by atoms with Crippen molar-refractivity contribution in [3.05, 3.63) is 0 Å². The van der Waals surface area contributed by atoms with Gasteiger partial charge in [-0.25, -0.2) is 0 Å². The summed E-state index contributed by atoms with van der Waals surface area (Å²) in [5.74, 6) is 0. The van der Waals surface area contributed by atoms with Crippen LogP contribution in [-0.4, -0.2) is 62.6 Å². The van der Waals surface area contributed by atoms with Crippen LogP contribution >= 0.6 is 11.8 Å². The van der Waals surface area contributed by atoms with E-state index in [1.165, 1.54) is 11.8 Å². The number of thioether (sulfide) groups is 1. The molecule has 5 nitrogen and oxygen atoms in total. The summed E-state index contributed by atoms with van der Waals surface area (Å²) < 4.78 is 5.48. The van der Waals surface area contributed by atoms with Crippen LogP contribution < -0.4 is 0 Å². The second-order valence-corrected chi connectivity index (χ2v) is 5.62. The van der Waals surface area contributed by atoms with Crippen LogP contribution in [0.3, 0.4) is 0 Å². The monoisotopic (exact) mass is 266 g/mol. The molecule has 6 heteroatoms. The van der Waals surface area contributed by atoms with E-state index in [9.17, 15) is 15.3 Å². The molecule has 5 atom stereocenters. The summed E-state index contributed by atoms with van der Waals surface area (Å²) >= 11 is 1.18. The van der Waals surface area contributed by atoms with E-state index in [0.717, 1.165) is 19.3 Å². The van der Waals surface area contributed by atoms with E-state index in [0.29, 0.717) is 6.61 Å². The maximum atomic E-state index is 9.74. The Bertz CT molecular complexity index is 214. The molecule has 0 amide bonds. The van der Waals surface area contributed by atoms with Crippen LogP contribution in [0, 0.1) is 0 Å². The van der Waals surface area contributed by atoms with Gasteiger partial charge >= 0.3 is 0 Å². The number of aliphatic hydroxyl groups is 4. The number of ether oxygens (including phenoxy) is 1. The maximum Gasteiger partial charge on any atom is 0.132 e. The van der Waals surface area contributed by atoms with Crippen LogP contribution in [0.4, 0.5) is 0 Å². The summed E-state index contributed by atoms with van der Waals surface area (Å²) in [6.07, 6.45) is -0.436. The Kier molecular flexibility index (Phi) is 6.76. The molecular weight excluding hydrogens is 244 g/mol. The number of rotatable bonds is 6. The van der Waals surface area contributed by atoms with Gasteiger partial charge in [-0.3, -0.25) is 0 Å². The fourth-order valence-corrected chi connectivity index (χ4v) is 3.01. The van der Waals surface area contributed by atoms with Gasteiger partial charge in [0.05, 0.1) is 18.0 Å². The predicted molar refractivity (Wildman–Crippen MR) is 65.8 cm³/mol. The zero-order valence-electron chi connectivity index (χ0n) is 10.0. The summed E-state index contributed by atoms with van der Waals surface area (Å²) in [4.78, 5) is 0. The van der Waals surface area contributed by atoms with Crippen LogP contribution in [0.2, 0.25) is 0 Å². The van der Waals surface area contributed by atoms with Crippen LogP contribution in [0.5, 0.6) is 0 Å². The van der Waals surface area contributed by atoms with Crippen LogP contribution in [0.15, 0.2) is 0 Å². The molecule has 102 valence electrons. The van der Waals surface area contributed by atoms with Gasteiger partial charge in [0, 0.05) is 6.61 Å². The van der Waals surface area contributed by atoms with Crippen molar-refractivity contribution in [1.82, 2.24) is 0 Å². The van der Waals surface area contributed by atoms with Gasteiger partial charge in [0.25, 0.3) is 0 Å². The molecule has 1 saturated heterocycles. The summed E-state index contributed by atoms with van der Waals surface area (Å²) in [7, 11) is 0. The lowest BCUT2D eigenvalue weighted by molar-refractivity contribution is -0.109. The third kappa shape index (κ3) is 4.08. The molecular formula is C11H22O5S. The highest BCUT2D eigenvalue weighted by Gasteiger charge is 2.43. The van der Waals surface area contributed by atoms with Crippen molar-refractivity contribution in [2.75, 3.05) is 13.2 Å². The molecule has 0 radical (unpaired) electrons. The zero-order chi connectivity index (χ0) is 12.8. The first-order chi connectivity index (χ1) is 8.11. The van der Waals surface area contributed by atoms with Gasteiger partial charge in [-0.1, -0.05) is 19.8 Å². The number of unbranched alkanes of at least 4 members (excludes halogenated alkanes) is 2. The molecule has 0 aromatic rings. The Hall–Kier alpha value is 0.150. The van der Waals surface area contributed by atoms with Gasteiger partial charge in [0.1, 0.15) is 17.6 Å². The minimum Gasteiger partial charge on any atom is -0.395 e. The highest BCUT2D eigenvalue weighted by atomic mass is 32.2. The molecule has 1 fully saturated rings. The second kappa shape index (κ2) is 7.56. The standard InChI is InChI=1S/C11H22O5S/c1-2-3-4-5-16-11-10(15)9(14)8(13)7(6-12)17-11/h7-15H,2-6H2,1H3/t7-,8-,9+,10-,11-/m1/s1. The molecule has 0 spiro atoms. The minimum absolute atomic E-state index is 0.246. The molecule has 17 heavy (non-hydrogen) atoms. The van der Waals surface area contributed by atoms with Crippen molar-refractivity contribution in [2.24, 2.45) is 0 Å². The van der Waals surface area contributed by atoms with Gasteiger partial charge in [0.15, 0.2) is 0 Å². The SMILES string of the molecule is CCCCCO[C@@H]1S[C@H](CO)[C@@H](O)[C@H](O)[C@H]1O. The normalized spacial score (nSPS) is 38.3. The summed E-state index contributed by atoms with van der Waals surface area (Å²) in [5.41, 5.74) is -0.581. The molecule has 4 N–H and O–H groups in total. The van der Waals surface area contributed by atoms with E-state index in [1.807, 2.05) is 0 Å². The van der Waals surface area contributed by atoms with Crippen molar-refractivity contribution in [2.45, 2.75) is 55.2 Å². The highest BCUT2D eigenvalue weighted by molar-refractivity contribution is 8.00. The van der Waals surface area contributed by atoms with Gasteiger partial charge < -0.3 is 25.2 Å². The lowest BCUT2D eigenvalue weighted by atomic mass is 10.0. The number of hydrogen-bond donors (Lipinski definition) is 4. The first-order valence-corrected chi connectivity index (χ1v) is 6.98. The lowest BCUT2D eigenvalue weighted by Gasteiger charge is -2.39. The average Bonchev–Trinajstić information content (AvgIpc) is 2.34. The molecule has 0 saturated carbocycles. The Morgan fingerprint density at radius 2 is 1.76 bits per heavy atom. The second-order valence-electron chi connectivity index (χ2n) is 4.28. The average molecular weight is 266 g/mol. The molecule has 1 aliphatic heterocycles. The third-order valence-corrected chi connectivity index (χ3v) is 4.34. The van der Waals surface area contributed by atoms with E-state index in [4.69, 9.17) is 9.84 Å². The fourth-order valence-electron chi connectivity index (χ4n) is 1.76. The van der Waals surface area contributed by atoms with Crippen molar-refractivity contribution < 1.29 is 25.2 Å². The maximum absolute atomic E-state index is 9.74. The molecule has 0 bridgehead atoms. The smallest absolute Gasteiger partial charge is 0.132 e. The number of hydrogen-bond acceptors (Lipinski definition) is 6. The van der Waals surface area contributed by atoms with Crippen LogP contribution in [-0.2, 0) is 4.74 Å². The number of aliphatic hydroxyl groups excluding tert-OH is 4. The van der Waals surface area contributed by atoms with Gasteiger partial charge in [-0.15, -0.1) is 11.8 Å². The lowest BCUT2D eigenvalue weighted by Crippen LogP contribution is -2.54. The third-order valence-electron chi connectivity index (χ3n) is 2.88. The van der Waals surface area contributed by atoms with Gasteiger partial charge in [-0.2, -0.15) is 0 Å². The van der Waals surface area contributed by atoms with E-state index in [-0.39, 0.29) is 6.61 Å². The molecule has 0 aromatic carbocycles. The summed E-state index contributed by atoms with van der Waals surface area (Å²) in [6, 6.07) is 0. The predicted octanol–water partition coefficient (Wildman–Crippen LogP) is -0.290. The Morgan fingerprint density at radius 1 is 1.06 bits per heavy atom. The van der Waals surface area contributed by atoms with E-state index in [2.05, 4.69) is 6.92 Å². The molecule has 1 heterocycles. The first kappa shape index (κ1) is 15.2. The Labute approximate surface area is 106 Å². The molecule has 0 unspecified atom stereocenters. The van der Waals surface area contributed by atoms with E-state index < -0.39 is 29.0 Å². The van der Waals surface area contributed by atoms with Crippen LogP contribution in [0.25, 0.3) is 0 Å². The summed E-state index contributed by atoms with van der Waals surface area (Å²) in [5, 5.41) is 37.5. The quantitative estimate of drug-likeness (QED) is 0.494. The Balaban J connectivity index is 2.42.